The quantitative estimate of drug-likeness (QED) is 0.794. The van der Waals surface area contributed by atoms with Crippen molar-refractivity contribution in [1.82, 2.24) is 5.32 Å². The van der Waals surface area contributed by atoms with E-state index >= 15 is 0 Å². The highest BCUT2D eigenvalue weighted by atomic mass is 16.5. The molecular formula is C14H19NO2. The van der Waals surface area contributed by atoms with Gasteiger partial charge in [0.05, 0.1) is 12.1 Å². The SMILES string of the molecule is C=CC(NC(C)=O)c1ccc(OC(C)C)cc1. The van der Waals surface area contributed by atoms with E-state index in [2.05, 4.69) is 11.9 Å². The van der Waals surface area contributed by atoms with Crippen LogP contribution in [0.5, 0.6) is 5.75 Å². The zero-order chi connectivity index (χ0) is 12.8. The summed E-state index contributed by atoms with van der Waals surface area (Å²) in [7, 11) is 0. The van der Waals surface area contributed by atoms with Crippen molar-refractivity contribution in [3.63, 3.8) is 0 Å². The first kappa shape index (κ1) is 13.3. The van der Waals surface area contributed by atoms with Crippen molar-refractivity contribution < 1.29 is 9.53 Å². The molecule has 0 aliphatic rings. The van der Waals surface area contributed by atoms with Crippen molar-refractivity contribution in [1.29, 1.82) is 0 Å². The van der Waals surface area contributed by atoms with Crippen molar-refractivity contribution in [2.24, 2.45) is 0 Å². The van der Waals surface area contributed by atoms with Gasteiger partial charge in [-0.15, -0.1) is 6.58 Å². The van der Waals surface area contributed by atoms with E-state index in [0.29, 0.717) is 0 Å². The molecule has 0 aromatic heterocycles. The number of carbonyl (C=O) groups is 1. The van der Waals surface area contributed by atoms with Gasteiger partial charge in [-0.25, -0.2) is 0 Å². The van der Waals surface area contributed by atoms with Crippen molar-refractivity contribution in [2.45, 2.75) is 32.9 Å². The van der Waals surface area contributed by atoms with Crippen LogP contribution in [0, 0.1) is 0 Å². The Hall–Kier alpha value is -1.77. The van der Waals surface area contributed by atoms with Gasteiger partial charge in [0.25, 0.3) is 0 Å². The summed E-state index contributed by atoms with van der Waals surface area (Å²) in [6.07, 6.45) is 1.87. The van der Waals surface area contributed by atoms with E-state index in [1.54, 1.807) is 6.08 Å². The van der Waals surface area contributed by atoms with E-state index in [1.807, 2.05) is 38.1 Å². The molecule has 0 saturated carbocycles. The molecule has 3 heteroatoms. The maximum absolute atomic E-state index is 11.0. The molecule has 92 valence electrons. The Morgan fingerprint density at radius 1 is 1.35 bits per heavy atom. The second kappa shape index (κ2) is 6.09. The third-order valence-corrected chi connectivity index (χ3v) is 2.21. The maximum atomic E-state index is 11.0. The number of ether oxygens (including phenoxy) is 1. The molecular weight excluding hydrogens is 214 g/mol. The van der Waals surface area contributed by atoms with Crippen molar-refractivity contribution in [3.8, 4) is 5.75 Å². The van der Waals surface area contributed by atoms with E-state index in [-0.39, 0.29) is 18.1 Å². The Morgan fingerprint density at radius 2 is 1.94 bits per heavy atom. The van der Waals surface area contributed by atoms with Crippen LogP contribution in [0.2, 0.25) is 0 Å². The Bertz CT molecular complexity index is 382. The van der Waals surface area contributed by atoms with Crippen LogP contribution in [0.15, 0.2) is 36.9 Å². The summed E-state index contributed by atoms with van der Waals surface area (Å²) in [6.45, 7) is 9.18. The van der Waals surface area contributed by atoms with Crippen LogP contribution in [-0.4, -0.2) is 12.0 Å². The van der Waals surface area contributed by atoms with Crippen molar-refractivity contribution in [3.05, 3.63) is 42.5 Å². The molecule has 1 rings (SSSR count). The smallest absolute Gasteiger partial charge is 0.217 e. The van der Waals surface area contributed by atoms with Gasteiger partial charge in [-0.1, -0.05) is 18.2 Å². The van der Waals surface area contributed by atoms with E-state index in [1.165, 1.54) is 6.92 Å². The number of benzene rings is 1. The second-order valence-electron chi connectivity index (χ2n) is 4.15. The lowest BCUT2D eigenvalue weighted by Crippen LogP contribution is -2.24. The van der Waals surface area contributed by atoms with Crippen LogP contribution in [0.3, 0.4) is 0 Å². The molecule has 0 saturated heterocycles. The topological polar surface area (TPSA) is 38.3 Å². The number of hydrogen-bond acceptors (Lipinski definition) is 2. The molecule has 1 atom stereocenters. The summed E-state index contributed by atoms with van der Waals surface area (Å²) in [6, 6.07) is 7.50. The highest BCUT2D eigenvalue weighted by Gasteiger charge is 2.08. The largest absolute Gasteiger partial charge is 0.491 e. The standard InChI is InChI=1S/C14H19NO2/c1-5-14(15-11(4)16)12-6-8-13(9-7-12)17-10(2)3/h5-10,14H,1H2,2-4H3,(H,15,16). The number of hydrogen-bond donors (Lipinski definition) is 1. The van der Waals surface area contributed by atoms with Gasteiger partial charge in [0, 0.05) is 6.92 Å². The summed E-state index contributed by atoms with van der Waals surface area (Å²) in [5.74, 6) is 0.756. The minimum atomic E-state index is -0.152. The van der Waals surface area contributed by atoms with Gasteiger partial charge in [-0.2, -0.15) is 0 Å². The molecule has 0 fully saturated rings. The molecule has 0 spiro atoms. The Morgan fingerprint density at radius 3 is 2.35 bits per heavy atom. The number of nitrogens with one attached hydrogen (secondary N) is 1. The van der Waals surface area contributed by atoms with Gasteiger partial charge in [-0.05, 0) is 31.5 Å². The van der Waals surface area contributed by atoms with Gasteiger partial charge in [0.15, 0.2) is 0 Å². The van der Waals surface area contributed by atoms with Gasteiger partial charge in [0.1, 0.15) is 5.75 Å². The van der Waals surface area contributed by atoms with Gasteiger partial charge in [-0.3, -0.25) is 4.79 Å². The summed E-state index contributed by atoms with van der Waals surface area (Å²) < 4.78 is 5.55. The second-order valence-corrected chi connectivity index (χ2v) is 4.15. The van der Waals surface area contributed by atoms with Crippen molar-refractivity contribution >= 4 is 5.91 Å². The molecule has 0 radical (unpaired) electrons. The predicted molar refractivity (Wildman–Crippen MR) is 69.0 cm³/mol. The summed E-state index contributed by atoms with van der Waals surface area (Å²) in [5.41, 5.74) is 0.992. The first-order chi connectivity index (χ1) is 8.02. The first-order valence-electron chi connectivity index (χ1n) is 5.69. The van der Waals surface area contributed by atoms with Crippen LogP contribution >= 0.6 is 0 Å². The average Bonchev–Trinajstić information content (AvgIpc) is 2.26. The zero-order valence-corrected chi connectivity index (χ0v) is 10.6. The predicted octanol–water partition coefficient (Wildman–Crippen LogP) is 2.84. The van der Waals surface area contributed by atoms with Crippen LogP contribution in [-0.2, 0) is 4.79 Å². The highest BCUT2D eigenvalue weighted by Crippen LogP contribution is 2.19. The molecule has 1 amide bonds. The third-order valence-electron chi connectivity index (χ3n) is 2.21. The lowest BCUT2D eigenvalue weighted by molar-refractivity contribution is -0.119. The van der Waals surface area contributed by atoms with E-state index in [9.17, 15) is 4.79 Å². The van der Waals surface area contributed by atoms with E-state index in [0.717, 1.165) is 11.3 Å². The van der Waals surface area contributed by atoms with Crippen LogP contribution in [0.4, 0.5) is 0 Å². The molecule has 1 unspecified atom stereocenters. The fourth-order valence-electron chi connectivity index (χ4n) is 1.52. The average molecular weight is 233 g/mol. The van der Waals surface area contributed by atoms with E-state index < -0.39 is 0 Å². The lowest BCUT2D eigenvalue weighted by Gasteiger charge is -2.15. The Kier molecular flexibility index (Phi) is 4.76. The molecule has 1 aromatic rings. The van der Waals surface area contributed by atoms with Gasteiger partial charge < -0.3 is 10.1 Å². The zero-order valence-electron chi connectivity index (χ0n) is 10.6. The third kappa shape index (κ3) is 4.31. The monoisotopic (exact) mass is 233 g/mol. The molecule has 0 aliphatic heterocycles. The first-order valence-corrected chi connectivity index (χ1v) is 5.69. The molecule has 17 heavy (non-hydrogen) atoms. The van der Waals surface area contributed by atoms with Crippen molar-refractivity contribution in [2.75, 3.05) is 0 Å². The normalized spacial score (nSPS) is 12.0. The Balaban J connectivity index is 2.77. The minimum Gasteiger partial charge on any atom is -0.491 e. The molecule has 0 aliphatic carbocycles. The fourth-order valence-corrected chi connectivity index (χ4v) is 1.52. The molecule has 0 bridgehead atoms. The van der Waals surface area contributed by atoms with Crippen LogP contribution in [0.1, 0.15) is 32.4 Å². The minimum absolute atomic E-state index is 0.0718. The Labute approximate surface area is 102 Å². The number of rotatable bonds is 5. The van der Waals surface area contributed by atoms with Gasteiger partial charge in [0.2, 0.25) is 5.91 Å². The number of amides is 1. The molecule has 1 N–H and O–H groups in total. The van der Waals surface area contributed by atoms with Crippen LogP contribution < -0.4 is 10.1 Å². The summed E-state index contributed by atoms with van der Waals surface area (Å²) >= 11 is 0. The fraction of sp³-hybridized carbons (Fsp3) is 0.357. The molecule has 3 nitrogen and oxygen atoms in total. The highest BCUT2D eigenvalue weighted by molar-refractivity contribution is 5.73. The lowest BCUT2D eigenvalue weighted by atomic mass is 10.1. The maximum Gasteiger partial charge on any atom is 0.217 e. The van der Waals surface area contributed by atoms with Crippen LogP contribution in [0.25, 0.3) is 0 Å². The van der Waals surface area contributed by atoms with E-state index in [4.69, 9.17) is 4.74 Å². The summed E-state index contributed by atoms with van der Waals surface area (Å²) in [4.78, 5) is 11.0. The number of carbonyl (C=O) groups excluding carboxylic acids is 1. The van der Waals surface area contributed by atoms with Gasteiger partial charge >= 0.3 is 0 Å². The summed E-state index contributed by atoms with van der Waals surface area (Å²) in [5, 5.41) is 2.81. The molecule has 0 heterocycles. The molecule has 1 aromatic carbocycles.